The lowest BCUT2D eigenvalue weighted by atomic mass is 9.83. The number of amides is 1. The number of halogens is 1. The third kappa shape index (κ3) is 3.24. The summed E-state index contributed by atoms with van der Waals surface area (Å²) in [6, 6.07) is 8.01. The molecule has 1 aliphatic carbocycles. The summed E-state index contributed by atoms with van der Waals surface area (Å²) in [7, 11) is 1.59. The lowest BCUT2D eigenvalue weighted by Gasteiger charge is -2.25. The lowest BCUT2D eigenvalue weighted by Crippen LogP contribution is -2.25. The molecule has 0 radical (unpaired) electrons. The second kappa shape index (κ2) is 6.65. The summed E-state index contributed by atoms with van der Waals surface area (Å²) in [4.78, 5) is 13.5. The molecule has 1 saturated heterocycles. The molecule has 120 valence electrons. The molecule has 1 unspecified atom stereocenters. The van der Waals surface area contributed by atoms with Gasteiger partial charge < -0.3 is 9.47 Å². The van der Waals surface area contributed by atoms with Crippen molar-refractivity contribution in [2.75, 3.05) is 25.2 Å². The van der Waals surface area contributed by atoms with Gasteiger partial charge in [0.25, 0.3) is 0 Å². The third-order valence-corrected chi connectivity index (χ3v) is 4.56. The van der Waals surface area contributed by atoms with Gasteiger partial charge in [-0.2, -0.15) is 0 Å². The number of carbonyl (C=O) groups is 1. The second-order valence-corrected chi connectivity index (χ2v) is 6.11. The topological polar surface area (TPSA) is 38.8 Å². The average molecular weight is 307 g/mol. The summed E-state index contributed by atoms with van der Waals surface area (Å²) < 4.78 is 23.5. The van der Waals surface area contributed by atoms with Gasteiger partial charge in [-0.15, -0.1) is 0 Å². The van der Waals surface area contributed by atoms with E-state index in [1.165, 1.54) is 5.56 Å². The van der Waals surface area contributed by atoms with Crippen LogP contribution in [0.25, 0.3) is 0 Å². The fraction of sp³-hybridized carbons (Fsp3) is 0.588. The fourth-order valence-corrected chi connectivity index (χ4v) is 3.32. The van der Waals surface area contributed by atoms with Gasteiger partial charge in [-0.1, -0.05) is 12.1 Å². The Morgan fingerprint density at radius 3 is 2.55 bits per heavy atom. The predicted molar refractivity (Wildman–Crippen MR) is 82.0 cm³/mol. The molecule has 0 N–H and O–H groups in total. The van der Waals surface area contributed by atoms with Gasteiger partial charge in [0.1, 0.15) is 12.3 Å². The molecule has 1 amide bonds. The first-order valence-corrected chi connectivity index (χ1v) is 7.88. The Hall–Kier alpha value is -1.62. The monoisotopic (exact) mass is 307 g/mol. The molecule has 3 rings (SSSR count). The van der Waals surface area contributed by atoms with Gasteiger partial charge in [0.05, 0.1) is 13.2 Å². The molecule has 5 heteroatoms. The van der Waals surface area contributed by atoms with Crippen LogP contribution < -0.4 is 4.90 Å². The van der Waals surface area contributed by atoms with Crippen LogP contribution in [0.3, 0.4) is 0 Å². The highest BCUT2D eigenvalue weighted by atomic mass is 19.1. The number of alkyl halides is 1. The molecule has 1 aromatic carbocycles. The Balaban J connectivity index is 1.65. The molecule has 1 aromatic rings. The van der Waals surface area contributed by atoms with Gasteiger partial charge in [-0.3, -0.25) is 4.90 Å². The van der Waals surface area contributed by atoms with Crippen molar-refractivity contribution in [3.8, 4) is 0 Å². The molecule has 0 aromatic heterocycles. The van der Waals surface area contributed by atoms with E-state index in [-0.39, 0.29) is 12.2 Å². The van der Waals surface area contributed by atoms with Crippen LogP contribution in [-0.4, -0.2) is 38.6 Å². The Morgan fingerprint density at radius 2 is 1.91 bits per heavy atom. The fourth-order valence-electron chi connectivity index (χ4n) is 3.32. The van der Waals surface area contributed by atoms with Crippen molar-refractivity contribution in [2.45, 2.75) is 43.9 Å². The quantitative estimate of drug-likeness (QED) is 0.852. The number of cyclic esters (lactones) is 1. The van der Waals surface area contributed by atoms with Gasteiger partial charge in [0, 0.05) is 12.8 Å². The van der Waals surface area contributed by atoms with Crippen molar-refractivity contribution < 1.29 is 18.7 Å². The summed E-state index contributed by atoms with van der Waals surface area (Å²) >= 11 is 0. The first-order valence-electron chi connectivity index (χ1n) is 7.88. The van der Waals surface area contributed by atoms with Gasteiger partial charge in [0.15, 0.2) is 0 Å². The maximum atomic E-state index is 13.2. The van der Waals surface area contributed by atoms with E-state index in [0.717, 1.165) is 18.5 Å². The van der Waals surface area contributed by atoms with E-state index < -0.39 is 6.17 Å². The van der Waals surface area contributed by atoms with Gasteiger partial charge in [0.2, 0.25) is 0 Å². The number of methoxy groups -OCH3 is 1. The molecule has 1 aliphatic heterocycles. The van der Waals surface area contributed by atoms with E-state index >= 15 is 0 Å². The highest BCUT2D eigenvalue weighted by Gasteiger charge is 2.32. The molecule has 1 heterocycles. The summed E-state index contributed by atoms with van der Waals surface area (Å²) in [5.41, 5.74) is 2.07. The smallest absolute Gasteiger partial charge is 0.414 e. The van der Waals surface area contributed by atoms with Crippen molar-refractivity contribution >= 4 is 11.8 Å². The Labute approximate surface area is 130 Å². The Bertz CT molecular complexity index is 511. The molecular weight excluding hydrogens is 285 g/mol. The molecule has 1 saturated carbocycles. The van der Waals surface area contributed by atoms with E-state index in [0.29, 0.717) is 31.9 Å². The zero-order valence-electron chi connectivity index (χ0n) is 12.8. The lowest BCUT2D eigenvalue weighted by molar-refractivity contribution is 0.0718. The molecule has 1 atom stereocenters. The largest absolute Gasteiger partial charge is 0.441 e. The van der Waals surface area contributed by atoms with Crippen LogP contribution in [0.2, 0.25) is 0 Å². The number of rotatable bonds is 4. The van der Waals surface area contributed by atoms with E-state index in [2.05, 4.69) is 12.1 Å². The summed E-state index contributed by atoms with van der Waals surface area (Å²) in [6.07, 6.45) is 1.95. The number of hydrogen-bond donors (Lipinski definition) is 0. The van der Waals surface area contributed by atoms with Crippen LogP contribution in [-0.2, 0) is 9.47 Å². The van der Waals surface area contributed by atoms with Crippen molar-refractivity contribution in [1.29, 1.82) is 0 Å². The first-order chi connectivity index (χ1) is 10.7. The van der Waals surface area contributed by atoms with Crippen LogP contribution >= 0.6 is 0 Å². The Kier molecular flexibility index (Phi) is 4.62. The van der Waals surface area contributed by atoms with E-state index in [9.17, 15) is 9.18 Å². The normalized spacial score (nSPS) is 28.7. The predicted octanol–water partition coefficient (Wildman–Crippen LogP) is 3.65. The zero-order chi connectivity index (χ0) is 15.5. The van der Waals surface area contributed by atoms with Crippen LogP contribution in [0.15, 0.2) is 24.3 Å². The summed E-state index contributed by atoms with van der Waals surface area (Å²) in [5, 5.41) is 0. The van der Waals surface area contributed by atoms with Gasteiger partial charge in [-0.05, 0) is 49.3 Å². The third-order valence-electron chi connectivity index (χ3n) is 4.56. The van der Waals surface area contributed by atoms with Gasteiger partial charge >= 0.3 is 6.09 Å². The van der Waals surface area contributed by atoms with Crippen LogP contribution in [0.4, 0.5) is 14.9 Å². The number of nitrogens with zero attached hydrogens (tertiary/aromatic N) is 1. The molecule has 2 fully saturated rings. The maximum Gasteiger partial charge on any atom is 0.414 e. The van der Waals surface area contributed by atoms with E-state index in [1.54, 1.807) is 12.0 Å². The van der Waals surface area contributed by atoms with E-state index in [1.807, 2.05) is 12.1 Å². The van der Waals surface area contributed by atoms with Crippen molar-refractivity contribution in [1.82, 2.24) is 0 Å². The average Bonchev–Trinajstić information content (AvgIpc) is 2.89. The number of carbonyl (C=O) groups excluding carboxylic acids is 1. The standard InChI is InChI=1S/C17H22FNO3/c1-21-11-16-10-19(17(20)22-16)15-8-4-13(5-9-15)12-2-6-14(18)7-3-12/h4-5,8-9,12,14,16H,2-3,6-7,10-11H2,1H3/t12-,14+,16?. The van der Waals surface area contributed by atoms with Crippen LogP contribution in [0.1, 0.15) is 37.2 Å². The highest BCUT2D eigenvalue weighted by molar-refractivity contribution is 5.89. The molecule has 0 spiro atoms. The number of ether oxygens (including phenoxy) is 2. The highest BCUT2D eigenvalue weighted by Crippen LogP contribution is 2.35. The molecule has 0 bridgehead atoms. The zero-order valence-corrected chi connectivity index (χ0v) is 12.8. The first kappa shape index (κ1) is 15.3. The van der Waals surface area contributed by atoms with Crippen LogP contribution in [0, 0.1) is 0 Å². The molecule has 2 aliphatic rings. The maximum absolute atomic E-state index is 13.2. The summed E-state index contributed by atoms with van der Waals surface area (Å²) in [6.45, 7) is 0.922. The summed E-state index contributed by atoms with van der Waals surface area (Å²) in [5.74, 6) is 0.438. The van der Waals surface area contributed by atoms with E-state index in [4.69, 9.17) is 9.47 Å². The minimum Gasteiger partial charge on any atom is -0.441 e. The van der Waals surface area contributed by atoms with Gasteiger partial charge in [-0.25, -0.2) is 9.18 Å². The van der Waals surface area contributed by atoms with Crippen molar-refractivity contribution in [2.24, 2.45) is 0 Å². The van der Waals surface area contributed by atoms with Crippen molar-refractivity contribution in [3.05, 3.63) is 29.8 Å². The minimum atomic E-state index is -0.632. The van der Waals surface area contributed by atoms with Crippen LogP contribution in [0.5, 0.6) is 0 Å². The van der Waals surface area contributed by atoms with Crippen molar-refractivity contribution in [3.63, 3.8) is 0 Å². The molecule has 22 heavy (non-hydrogen) atoms. The second-order valence-electron chi connectivity index (χ2n) is 6.11. The molecule has 4 nitrogen and oxygen atoms in total. The minimum absolute atomic E-state index is 0.211. The number of benzene rings is 1. The number of anilines is 1. The molecular formula is C17H22FNO3. The number of hydrogen-bond acceptors (Lipinski definition) is 3. The Morgan fingerprint density at radius 1 is 1.23 bits per heavy atom. The SMILES string of the molecule is COCC1CN(c2ccc([C@H]3CC[C@@H](F)CC3)cc2)C(=O)O1.